The van der Waals surface area contributed by atoms with E-state index >= 15 is 0 Å². The Labute approximate surface area is 136 Å². The number of halogens is 1. The molecule has 0 amide bonds. The van der Waals surface area contributed by atoms with Crippen molar-refractivity contribution in [1.82, 2.24) is 5.32 Å². The highest BCUT2D eigenvalue weighted by Crippen LogP contribution is 2.33. The van der Waals surface area contributed by atoms with Crippen molar-refractivity contribution < 1.29 is 0 Å². The topological polar surface area (TPSA) is 12.0 Å². The molecule has 0 radical (unpaired) electrons. The summed E-state index contributed by atoms with van der Waals surface area (Å²) in [6, 6.07) is 9.31. The molecule has 1 fully saturated rings. The predicted molar refractivity (Wildman–Crippen MR) is 93.5 cm³/mol. The summed E-state index contributed by atoms with van der Waals surface area (Å²) < 4.78 is 1.17. The molecule has 0 saturated heterocycles. The Morgan fingerprint density at radius 1 is 1.30 bits per heavy atom. The maximum Gasteiger partial charge on any atom is 0.0189 e. The van der Waals surface area contributed by atoms with E-state index in [-0.39, 0.29) is 0 Å². The molecule has 1 aliphatic rings. The molecule has 3 heteroatoms. The lowest BCUT2D eigenvalue weighted by molar-refractivity contribution is 0.243. The molecular weight excluding hydrogens is 330 g/mol. The lowest BCUT2D eigenvalue weighted by Gasteiger charge is -2.33. The molecule has 20 heavy (non-hydrogen) atoms. The minimum Gasteiger partial charge on any atom is -0.313 e. The van der Waals surface area contributed by atoms with Crippen LogP contribution in [0.15, 0.2) is 33.6 Å². The van der Waals surface area contributed by atoms with Gasteiger partial charge in [0.15, 0.2) is 0 Å². The van der Waals surface area contributed by atoms with E-state index in [4.69, 9.17) is 0 Å². The minimum atomic E-state index is 0.663. The summed E-state index contributed by atoms with van der Waals surface area (Å²) in [5.74, 6) is 2.99. The van der Waals surface area contributed by atoms with Crippen LogP contribution in [0, 0.1) is 11.8 Å². The van der Waals surface area contributed by atoms with Crippen LogP contribution in [0.4, 0.5) is 0 Å². The van der Waals surface area contributed by atoms with Crippen molar-refractivity contribution >= 4 is 27.7 Å². The van der Waals surface area contributed by atoms with E-state index in [1.165, 1.54) is 40.8 Å². The highest BCUT2D eigenvalue weighted by atomic mass is 79.9. The largest absolute Gasteiger partial charge is 0.313 e. The van der Waals surface area contributed by atoms with Crippen molar-refractivity contribution in [3.8, 4) is 0 Å². The van der Waals surface area contributed by atoms with Crippen molar-refractivity contribution in [2.75, 3.05) is 12.3 Å². The standard InChI is InChI=1S/C17H26BrNS/c1-3-19-17(14-9-7-13(2)8-10-14)12-20-16-6-4-5-15(18)11-16/h4-6,11,13-14,17,19H,3,7-10,12H2,1-2H3. The Balaban J connectivity index is 1.88. The molecule has 1 N–H and O–H groups in total. The van der Waals surface area contributed by atoms with Gasteiger partial charge in [0.2, 0.25) is 0 Å². The van der Waals surface area contributed by atoms with Crippen molar-refractivity contribution in [3.63, 3.8) is 0 Å². The van der Waals surface area contributed by atoms with E-state index in [9.17, 15) is 0 Å². The number of hydrogen-bond donors (Lipinski definition) is 1. The van der Waals surface area contributed by atoms with Gasteiger partial charge in [0.25, 0.3) is 0 Å². The van der Waals surface area contributed by atoms with Gasteiger partial charge in [-0.15, -0.1) is 11.8 Å². The zero-order valence-corrected chi connectivity index (χ0v) is 15.0. The molecule has 1 aliphatic carbocycles. The Bertz CT molecular complexity index is 402. The van der Waals surface area contributed by atoms with Crippen molar-refractivity contribution in [2.24, 2.45) is 11.8 Å². The molecule has 0 spiro atoms. The predicted octanol–water partition coefficient (Wildman–Crippen LogP) is 5.35. The van der Waals surface area contributed by atoms with Gasteiger partial charge in [-0.3, -0.25) is 0 Å². The van der Waals surface area contributed by atoms with E-state index in [1.54, 1.807) is 0 Å². The maximum atomic E-state index is 3.72. The number of thioether (sulfide) groups is 1. The van der Waals surface area contributed by atoms with Gasteiger partial charge in [-0.1, -0.05) is 48.7 Å². The van der Waals surface area contributed by atoms with Gasteiger partial charge in [-0.25, -0.2) is 0 Å². The third-order valence-corrected chi connectivity index (χ3v) is 5.93. The second kappa shape index (κ2) is 8.45. The molecule has 1 aromatic rings. The molecule has 0 aromatic heterocycles. The molecular formula is C17H26BrNS. The van der Waals surface area contributed by atoms with Gasteiger partial charge >= 0.3 is 0 Å². The van der Waals surface area contributed by atoms with Crippen LogP contribution in [-0.4, -0.2) is 18.3 Å². The molecule has 0 heterocycles. The average molecular weight is 356 g/mol. The first-order valence-electron chi connectivity index (χ1n) is 7.80. The number of hydrogen-bond acceptors (Lipinski definition) is 2. The van der Waals surface area contributed by atoms with Gasteiger partial charge in [0.05, 0.1) is 0 Å². The molecule has 1 unspecified atom stereocenters. The lowest BCUT2D eigenvalue weighted by Crippen LogP contribution is -2.39. The SMILES string of the molecule is CCNC(CSc1cccc(Br)c1)C1CCC(C)CC1. The summed E-state index contributed by atoms with van der Waals surface area (Å²) in [7, 11) is 0. The molecule has 112 valence electrons. The Morgan fingerprint density at radius 2 is 2.05 bits per heavy atom. The normalized spacial score (nSPS) is 24.6. The summed E-state index contributed by atoms with van der Waals surface area (Å²) >= 11 is 5.54. The molecule has 0 bridgehead atoms. The van der Waals surface area contributed by atoms with E-state index < -0.39 is 0 Å². The first-order valence-corrected chi connectivity index (χ1v) is 9.58. The highest BCUT2D eigenvalue weighted by molar-refractivity contribution is 9.10. The van der Waals surface area contributed by atoms with Crippen LogP contribution in [0.3, 0.4) is 0 Å². The van der Waals surface area contributed by atoms with E-state index in [1.807, 2.05) is 11.8 Å². The molecule has 1 nitrogen and oxygen atoms in total. The van der Waals surface area contributed by atoms with Crippen LogP contribution in [0.1, 0.15) is 39.5 Å². The fourth-order valence-corrected chi connectivity index (χ4v) is 4.75. The maximum absolute atomic E-state index is 3.72. The molecule has 1 saturated carbocycles. The van der Waals surface area contributed by atoms with Crippen molar-refractivity contribution in [3.05, 3.63) is 28.7 Å². The zero-order valence-electron chi connectivity index (χ0n) is 12.6. The quantitative estimate of drug-likeness (QED) is 0.690. The average Bonchev–Trinajstić information content (AvgIpc) is 2.44. The fourth-order valence-electron chi connectivity index (χ4n) is 3.05. The Hall–Kier alpha value is 0.01000. The first-order chi connectivity index (χ1) is 9.69. The first kappa shape index (κ1) is 16.4. The fraction of sp³-hybridized carbons (Fsp3) is 0.647. The Morgan fingerprint density at radius 3 is 2.70 bits per heavy atom. The molecule has 2 rings (SSSR count). The van der Waals surface area contributed by atoms with Crippen LogP contribution >= 0.6 is 27.7 Å². The molecule has 0 aliphatic heterocycles. The highest BCUT2D eigenvalue weighted by Gasteiger charge is 2.25. The van der Waals surface area contributed by atoms with E-state index in [2.05, 4.69) is 59.4 Å². The van der Waals surface area contributed by atoms with Gasteiger partial charge < -0.3 is 5.32 Å². The summed E-state index contributed by atoms with van der Waals surface area (Å²) in [6.07, 6.45) is 5.62. The van der Waals surface area contributed by atoms with Crippen molar-refractivity contribution in [2.45, 2.75) is 50.5 Å². The Kier molecular flexibility index (Phi) is 6.92. The zero-order chi connectivity index (χ0) is 14.4. The second-order valence-electron chi connectivity index (χ2n) is 5.95. The van der Waals surface area contributed by atoms with Gasteiger partial charge in [-0.2, -0.15) is 0 Å². The van der Waals surface area contributed by atoms with Crippen LogP contribution in [0.25, 0.3) is 0 Å². The summed E-state index contributed by atoms with van der Waals surface area (Å²) in [4.78, 5) is 1.37. The molecule has 1 aromatic carbocycles. The third-order valence-electron chi connectivity index (χ3n) is 4.32. The van der Waals surface area contributed by atoms with Crippen molar-refractivity contribution in [1.29, 1.82) is 0 Å². The van der Waals surface area contributed by atoms with Gasteiger partial charge in [0.1, 0.15) is 0 Å². The van der Waals surface area contributed by atoms with Crippen LogP contribution < -0.4 is 5.32 Å². The van der Waals surface area contributed by atoms with Crippen LogP contribution in [0.5, 0.6) is 0 Å². The summed E-state index contributed by atoms with van der Waals surface area (Å²) in [5.41, 5.74) is 0. The number of benzene rings is 1. The summed E-state index contributed by atoms with van der Waals surface area (Å²) in [6.45, 7) is 5.70. The third kappa shape index (κ3) is 5.09. The summed E-state index contributed by atoms with van der Waals surface area (Å²) in [5, 5.41) is 3.72. The smallest absolute Gasteiger partial charge is 0.0189 e. The minimum absolute atomic E-state index is 0.663. The number of rotatable bonds is 6. The number of nitrogens with one attached hydrogen (secondary N) is 1. The van der Waals surface area contributed by atoms with E-state index in [0.717, 1.165) is 18.4 Å². The van der Waals surface area contributed by atoms with E-state index in [0.29, 0.717) is 6.04 Å². The van der Waals surface area contributed by atoms with Gasteiger partial charge in [-0.05, 0) is 49.4 Å². The van der Waals surface area contributed by atoms with Crippen LogP contribution in [0.2, 0.25) is 0 Å². The molecule has 1 atom stereocenters. The lowest BCUT2D eigenvalue weighted by atomic mass is 9.79. The van der Waals surface area contributed by atoms with Crippen LogP contribution in [-0.2, 0) is 0 Å². The van der Waals surface area contributed by atoms with Gasteiger partial charge in [0, 0.05) is 21.2 Å². The monoisotopic (exact) mass is 355 g/mol. The second-order valence-corrected chi connectivity index (χ2v) is 7.96.